The van der Waals surface area contributed by atoms with Crippen molar-refractivity contribution in [3.05, 3.63) is 58.7 Å². The summed E-state index contributed by atoms with van der Waals surface area (Å²) in [6, 6.07) is 12.2. The lowest BCUT2D eigenvalue weighted by atomic mass is 9.85. The molecule has 0 saturated heterocycles. The van der Waals surface area contributed by atoms with Gasteiger partial charge in [0.2, 0.25) is 0 Å². The molecule has 4 nitrogen and oxygen atoms in total. The summed E-state index contributed by atoms with van der Waals surface area (Å²) in [6.07, 6.45) is 0.0726. The molecule has 140 valence electrons. The van der Waals surface area contributed by atoms with Gasteiger partial charge in [-0.1, -0.05) is 31.2 Å². The van der Waals surface area contributed by atoms with Crippen LogP contribution < -0.4 is 9.47 Å². The summed E-state index contributed by atoms with van der Waals surface area (Å²) in [5, 5.41) is 0. The van der Waals surface area contributed by atoms with E-state index in [1.54, 1.807) is 21.1 Å². The van der Waals surface area contributed by atoms with Crippen molar-refractivity contribution in [2.75, 3.05) is 14.2 Å². The van der Waals surface area contributed by atoms with E-state index in [-0.39, 0.29) is 18.0 Å². The Kier molecular flexibility index (Phi) is 6.67. The second kappa shape index (κ2) is 8.75. The van der Waals surface area contributed by atoms with Gasteiger partial charge in [-0.2, -0.15) is 0 Å². The van der Waals surface area contributed by atoms with Crippen molar-refractivity contribution in [1.29, 1.82) is 0 Å². The van der Waals surface area contributed by atoms with Gasteiger partial charge in [-0.05, 0) is 55.2 Å². The number of benzene rings is 2. The topological polar surface area (TPSA) is 44.8 Å². The number of methoxy groups -OCH3 is 2. The van der Waals surface area contributed by atoms with Crippen LogP contribution in [-0.2, 0) is 9.53 Å². The molecule has 0 amide bonds. The van der Waals surface area contributed by atoms with Crippen LogP contribution >= 0.6 is 0 Å². The molecule has 0 N–H and O–H groups in total. The first-order valence-corrected chi connectivity index (χ1v) is 8.89. The minimum Gasteiger partial charge on any atom is -0.496 e. The molecule has 0 aromatic heterocycles. The van der Waals surface area contributed by atoms with Crippen molar-refractivity contribution in [3.8, 4) is 11.5 Å². The highest BCUT2D eigenvalue weighted by atomic mass is 16.5. The molecule has 2 aromatic rings. The van der Waals surface area contributed by atoms with Crippen LogP contribution in [0.5, 0.6) is 11.5 Å². The average molecular weight is 356 g/mol. The van der Waals surface area contributed by atoms with Gasteiger partial charge < -0.3 is 14.2 Å². The standard InChI is InChI=1S/C22H28O4/c1-7-21(23)26-16(4)22(17-8-10-19(24-5)14(2)12-17)18-9-11-20(25-6)15(3)13-18/h8-13,16,22H,7H2,1-6H3. The number of esters is 1. The molecule has 0 radical (unpaired) electrons. The summed E-state index contributed by atoms with van der Waals surface area (Å²) in [5.41, 5.74) is 4.28. The lowest BCUT2D eigenvalue weighted by Gasteiger charge is -2.26. The van der Waals surface area contributed by atoms with Crippen molar-refractivity contribution < 1.29 is 19.0 Å². The average Bonchev–Trinajstić information content (AvgIpc) is 2.62. The molecule has 2 rings (SSSR count). The summed E-state index contributed by atoms with van der Waals surface area (Å²) < 4.78 is 16.4. The van der Waals surface area contributed by atoms with Crippen LogP contribution in [0.4, 0.5) is 0 Å². The van der Waals surface area contributed by atoms with Gasteiger partial charge in [0.25, 0.3) is 0 Å². The van der Waals surface area contributed by atoms with E-state index >= 15 is 0 Å². The van der Waals surface area contributed by atoms with Gasteiger partial charge in [0.15, 0.2) is 0 Å². The molecule has 0 spiro atoms. The minimum absolute atomic E-state index is 0.0697. The Balaban J connectivity index is 2.49. The highest BCUT2D eigenvalue weighted by Gasteiger charge is 2.25. The van der Waals surface area contributed by atoms with Gasteiger partial charge >= 0.3 is 5.97 Å². The highest BCUT2D eigenvalue weighted by Crippen LogP contribution is 2.34. The molecule has 0 aliphatic heterocycles. The molecule has 0 aliphatic rings. The zero-order valence-corrected chi connectivity index (χ0v) is 16.5. The largest absolute Gasteiger partial charge is 0.496 e. The number of carbonyl (C=O) groups excluding carboxylic acids is 1. The lowest BCUT2D eigenvalue weighted by molar-refractivity contribution is -0.148. The monoisotopic (exact) mass is 356 g/mol. The number of aryl methyl sites for hydroxylation is 2. The zero-order valence-electron chi connectivity index (χ0n) is 16.5. The molecular formula is C22H28O4. The number of rotatable bonds is 7. The van der Waals surface area contributed by atoms with Gasteiger partial charge in [0.1, 0.15) is 17.6 Å². The molecule has 0 heterocycles. The van der Waals surface area contributed by atoms with Crippen LogP contribution in [0.25, 0.3) is 0 Å². The van der Waals surface area contributed by atoms with Crippen LogP contribution in [0, 0.1) is 13.8 Å². The second-order valence-corrected chi connectivity index (χ2v) is 6.48. The first-order chi connectivity index (χ1) is 12.4. The van der Waals surface area contributed by atoms with Crippen LogP contribution in [0.3, 0.4) is 0 Å². The van der Waals surface area contributed by atoms with Gasteiger partial charge in [-0.25, -0.2) is 0 Å². The first-order valence-electron chi connectivity index (χ1n) is 8.89. The van der Waals surface area contributed by atoms with E-state index in [2.05, 4.69) is 12.1 Å². The molecule has 2 aromatic carbocycles. The predicted octanol–water partition coefficient (Wildman–Crippen LogP) is 4.79. The summed E-state index contributed by atoms with van der Waals surface area (Å²) in [6.45, 7) is 7.78. The molecular weight excluding hydrogens is 328 g/mol. The van der Waals surface area contributed by atoms with E-state index in [0.29, 0.717) is 6.42 Å². The normalized spacial score (nSPS) is 12.0. The number of carbonyl (C=O) groups is 1. The predicted molar refractivity (Wildman–Crippen MR) is 103 cm³/mol. The van der Waals surface area contributed by atoms with Crippen molar-refractivity contribution >= 4 is 5.97 Å². The Morgan fingerprint density at radius 1 is 0.923 bits per heavy atom. The van der Waals surface area contributed by atoms with Crippen molar-refractivity contribution in [3.63, 3.8) is 0 Å². The second-order valence-electron chi connectivity index (χ2n) is 6.48. The third-order valence-electron chi connectivity index (χ3n) is 4.63. The quantitative estimate of drug-likeness (QED) is 0.669. The Hall–Kier alpha value is -2.49. The van der Waals surface area contributed by atoms with Gasteiger partial charge in [-0.15, -0.1) is 0 Å². The van der Waals surface area contributed by atoms with Crippen LogP contribution in [0.1, 0.15) is 48.4 Å². The van der Waals surface area contributed by atoms with Crippen LogP contribution in [0.2, 0.25) is 0 Å². The molecule has 0 saturated carbocycles. The zero-order chi connectivity index (χ0) is 19.3. The fourth-order valence-electron chi connectivity index (χ4n) is 3.28. The van der Waals surface area contributed by atoms with Crippen molar-refractivity contribution in [2.24, 2.45) is 0 Å². The van der Waals surface area contributed by atoms with E-state index in [1.807, 2.05) is 45.0 Å². The maximum atomic E-state index is 11.9. The third kappa shape index (κ3) is 4.37. The van der Waals surface area contributed by atoms with Gasteiger partial charge in [-0.3, -0.25) is 4.79 Å². The van der Waals surface area contributed by atoms with Crippen molar-refractivity contribution in [2.45, 2.75) is 46.1 Å². The van der Waals surface area contributed by atoms with E-state index in [9.17, 15) is 4.79 Å². The SMILES string of the molecule is CCC(=O)OC(C)C(c1ccc(OC)c(C)c1)c1ccc(OC)c(C)c1. The highest BCUT2D eigenvalue weighted by molar-refractivity contribution is 5.69. The maximum Gasteiger partial charge on any atom is 0.305 e. The molecule has 0 aliphatic carbocycles. The van der Waals surface area contributed by atoms with Crippen molar-refractivity contribution in [1.82, 2.24) is 0 Å². The fourth-order valence-corrected chi connectivity index (χ4v) is 3.28. The fraction of sp³-hybridized carbons (Fsp3) is 0.409. The number of hydrogen-bond donors (Lipinski definition) is 0. The summed E-state index contributed by atoms with van der Waals surface area (Å²) in [4.78, 5) is 11.9. The summed E-state index contributed by atoms with van der Waals surface area (Å²) >= 11 is 0. The maximum absolute atomic E-state index is 11.9. The smallest absolute Gasteiger partial charge is 0.305 e. The van der Waals surface area contributed by atoms with Crippen LogP contribution in [0.15, 0.2) is 36.4 Å². The first kappa shape index (κ1) is 19.8. The molecule has 0 fully saturated rings. The Morgan fingerprint density at radius 2 is 1.38 bits per heavy atom. The molecule has 0 bridgehead atoms. The number of hydrogen-bond acceptors (Lipinski definition) is 4. The Labute approximate surface area is 156 Å². The van der Waals surface area contributed by atoms with E-state index < -0.39 is 0 Å². The van der Waals surface area contributed by atoms with E-state index in [0.717, 1.165) is 33.8 Å². The third-order valence-corrected chi connectivity index (χ3v) is 4.63. The molecule has 4 heteroatoms. The molecule has 1 atom stereocenters. The summed E-state index contributed by atoms with van der Waals surface area (Å²) in [5.74, 6) is 1.42. The van der Waals surface area contributed by atoms with E-state index in [4.69, 9.17) is 14.2 Å². The number of ether oxygens (including phenoxy) is 3. The van der Waals surface area contributed by atoms with E-state index in [1.165, 1.54) is 0 Å². The lowest BCUT2D eigenvalue weighted by Crippen LogP contribution is -2.23. The van der Waals surface area contributed by atoms with Gasteiger partial charge in [0, 0.05) is 12.3 Å². The Morgan fingerprint density at radius 3 is 1.73 bits per heavy atom. The van der Waals surface area contributed by atoms with Crippen LogP contribution in [-0.4, -0.2) is 26.3 Å². The minimum atomic E-state index is -0.289. The molecule has 26 heavy (non-hydrogen) atoms. The summed E-state index contributed by atoms with van der Waals surface area (Å²) in [7, 11) is 3.33. The Bertz CT molecular complexity index is 713. The molecule has 1 unspecified atom stereocenters. The van der Waals surface area contributed by atoms with Gasteiger partial charge in [0.05, 0.1) is 14.2 Å².